The molecular weight excluding hydrogens is 180 g/mol. The van der Waals surface area contributed by atoms with Crippen LogP contribution in [0.5, 0.6) is 0 Å². The van der Waals surface area contributed by atoms with E-state index in [1.165, 1.54) is 17.8 Å². The number of hydrogen-bond donors (Lipinski definition) is 1. The van der Waals surface area contributed by atoms with Crippen LogP contribution in [0, 0.1) is 0 Å². The molecule has 64 valence electrons. The van der Waals surface area contributed by atoms with Gasteiger partial charge >= 0.3 is 5.97 Å². The second-order valence-corrected chi connectivity index (χ2v) is 2.54. The van der Waals surface area contributed by atoms with Gasteiger partial charge in [-0.15, -0.1) is 10.2 Å². The van der Waals surface area contributed by atoms with Crippen molar-refractivity contribution in [3.8, 4) is 0 Å². The number of carbonyl (C=O) groups is 1. The normalized spacial score (nSPS) is 10.8. The largest absolute Gasteiger partial charge is 0.478 e. The van der Waals surface area contributed by atoms with Crippen molar-refractivity contribution in [1.29, 1.82) is 0 Å². The Morgan fingerprint density at radius 2 is 2.42 bits per heavy atom. The topological polar surface area (TPSA) is 76.2 Å². The summed E-state index contributed by atoms with van der Waals surface area (Å²) in [4.78, 5) is 10.1. The summed E-state index contributed by atoms with van der Waals surface area (Å²) in [6, 6.07) is 0. The van der Waals surface area contributed by atoms with Gasteiger partial charge in [-0.3, -0.25) is 0 Å². The fraction of sp³-hybridized carbons (Fsp3) is 0.167. The quantitative estimate of drug-likeness (QED) is 0.558. The third-order valence-electron chi connectivity index (χ3n) is 0.965. The summed E-state index contributed by atoms with van der Waals surface area (Å²) in [5.74, 6) is -0.847. The fourth-order valence-corrected chi connectivity index (χ4v) is 0.804. The molecule has 5 nitrogen and oxygen atoms in total. The van der Waals surface area contributed by atoms with E-state index in [2.05, 4.69) is 10.2 Å². The molecule has 0 saturated carbocycles. The van der Waals surface area contributed by atoms with E-state index < -0.39 is 5.97 Å². The van der Waals surface area contributed by atoms with Gasteiger partial charge in [0.15, 0.2) is 0 Å². The van der Waals surface area contributed by atoms with E-state index in [9.17, 15) is 4.79 Å². The molecule has 0 atom stereocenters. The highest BCUT2D eigenvalue weighted by Gasteiger charge is 2.00. The highest BCUT2D eigenvalue weighted by atomic mass is 32.2. The van der Waals surface area contributed by atoms with Crippen molar-refractivity contribution in [2.45, 2.75) is 5.22 Å². The first-order chi connectivity index (χ1) is 5.72. The molecule has 1 N–H and O–H groups in total. The lowest BCUT2D eigenvalue weighted by molar-refractivity contribution is -0.131. The Bertz CT molecular complexity index is 307. The zero-order valence-electron chi connectivity index (χ0n) is 6.22. The summed E-state index contributed by atoms with van der Waals surface area (Å²) >= 11 is 1.30. The molecule has 0 fully saturated rings. The van der Waals surface area contributed by atoms with Crippen LogP contribution in [0.3, 0.4) is 0 Å². The molecule has 6 heteroatoms. The molecule has 1 aromatic rings. The van der Waals surface area contributed by atoms with Crippen LogP contribution in [0.15, 0.2) is 15.7 Å². The third kappa shape index (κ3) is 2.39. The number of rotatable bonds is 3. The highest BCUT2D eigenvalue weighted by molar-refractivity contribution is 7.98. The number of thioether (sulfide) groups is 1. The van der Waals surface area contributed by atoms with Crippen molar-refractivity contribution in [1.82, 2.24) is 10.2 Å². The van der Waals surface area contributed by atoms with E-state index in [1.54, 1.807) is 6.26 Å². The van der Waals surface area contributed by atoms with Crippen molar-refractivity contribution in [2.75, 3.05) is 6.26 Å². The van der Waals surface area contributed by atoms with Crippen molar-refractivity contribution in [2.24, 2.45) is 0 Å². The molecular formula is C6H6N2O3S. The van der Waals surface area contributed by atoms with Gasteiger partial charge in [-0.1, -0.05) is 11.8 Å². The minimum absolute atomic E-state index is 0.196. The number of aromatic nitrogens is 2. The van der Waals surface area contributed by atoms with E-state index in [4.69, 9.17) is 9.52 Å². The van der Waals surface area contributed by atoms with E-state index in [0.717, 1.165) is 6.08 Å². The molecule has 0 amide bonds. The highest BCUT2D eigenvalue weighted by Crippen LogP contribution is 2.12. The summed E-state index contributed by atoms with van der Waals surface area (Å²) < 4.78 is 4.97. The smallest absolute Gasteiger partial charge is 0.328 e. The minimum atomic E-state index is -1.04. The first-order valence-corrected chi connectivity index (χ1v) is 4.23. The molecule has 1 heterocycles. The predicted molar refractivity (Wildman–Crippen MR) is 42.7 cm³/mol. The van der Waals surface area contributed by atoms with E-state index in [1.807, 2.05) is 0 Å². The molecule has 0 aromatic carbocycles. The van der Waals surface area contributed by atoms with Gasteiger partial charge in [0.2, 0.25) is 5.89 Å². The molecule has 0 radical (unpaired) electrons. The van der Waals surface area contributed by atoms with E-state index in [0.29, 0.717) is 5.22 Å². The summed E-state index contributed by atoms with van der Waals surface area (Å²) in [6.07, 6.45) is 3.98. The Morgan fingerprint density at radius 3 is 2.92 bits per heavy atom. The first-order valence-electron chi connectivity index (χ1n) is 3.01. The van der Waals surface area contributed by atoms with Crippen LogP contribution in [0.25, 0.3) is 6.08 Å². The van der Waals surface area contributed by atoms with Crippen LogP contribution in [-0.4, -0.2) is 27.5 Å². The second kappa shape index (κ2) is 3.91. The number of aliphatic carboxylic acids is 1. The Hall–Kier alpha value is -1.30. The van der Waals surface area contributed by atoms with Crippen LogP contribution >= 0.6 is 11.8 Å². The average molecular weight is 186 g/mol. The van der Waals surface area contributed by atoms with E-state index >= 15 is 0 Å². The molecule has 0 aliphatic carbocycles. The minimum Gasteiger partial charge on any atom is -0.478 e. The van der Waals surface area contributed by atoms with Crippen molar-refractivity contribution in [3.05, 3.63) is 12.0 Å². The fourth-order valence-electron chi connectivity index (χ4n) is 0.513. The van der Waals surface area contributed by atoms with Gasteiger partial charge in [0.1, 0.15) is 0 Å². The summed E-state index contributed by atoms with van der Waals surface area (Å²) in [6.45, 7) is 0. The van der Waals surface area contributed by atoms with Crippen LogP contribution in [-0.2, 0) is 4.79 Å². The van der Waals surface area contributed by atoms with Gasteiger partial charge < -0.3 is 9.52 Å². The Kier molecular flexibility index (Phi) is 2.87. The molecule has 0 aliphatic rings. The SMILES string of the molecule is CSc1nnc(/C=C/C(=O)O)o1. The average Bonchev–Trinajstić information content (AvgIpc) is 2.48. The van der Waals surface area contributed by atoms with Gasteiger partial charge in [-0.05, 0) is 6.26 Å². The summed E-state index contributed by atoms with van der Waals surface area (Å²) in [5.41, 5.74) is 0. The monoisotopic (exact) mass is 186 g/mol. The number of hydrogen-bond acceptors (Lipinski definition) is 5. The number of nitrogens with zero attached hydrogens (tertiary/aromatic N) is 2. The lowest BCUT2D eigenvalue weighted by Gasteiger charge is -1.80. The molecule has 1 aromatic heterocycles. The zero-order chi connectivity index (χ0) is 8.97. The van der Waals surface area contributed by atoms with Gasteiger partial charge in [-0.2, -0.15) is 0 Å². The third-order valence-corrected chi connectivity index (χ3v) is 1.48. The zero-order valence-corrected chi connectivity index (χ0v) is 7.04. The molecule has 1 rings (SSSR count). The molecule has 0 aliphatic heterocycles. The van der Waals surface area contributed by atoms with Crippen LogP contribution in [0.4, 0.5) is 0 Å². The maximum atomic E-state index is 10.1. The lowest BCUT2D eigenvalue weighted by atomic mass is 10.5. The van der Waals surface area contributed by atoms with Gasteiger partial charge in [0.05, 0.1) is 0 Å². The van der Waals surface area contributed by atoms with Gasteiger partial charge in [0.25, 0.3) is 5.22 Å². The Morgan fingerprint density at radius 1 is 1.67 bits per heavy atom. The molecule has 0 spiro atoms. The molecule has 0 bridgehead atoms. The van der Waals surface area contributed by atoms with Crippen molar-refractivity contribution in [3.63, 3.8) is 0 Å². The number of carboxylic acid groups (broad SMARTS) is 1. The van der Waals surface area contributed by atoms with Crippen molar-refractivity contribution >= 4 is 23.8 Å². The van der Waals surface area contributed by atoms with Crippen LogP contribution in [0.2, 0.25) is 0 Å². The second-order valence-electron chi connectivity index (χ2n) is 1.78. The Labute approximate surface area is 72.5 Å². The van der Waals surface area contributed by atoms with Crippen LogP contribution < -0.4 is 0 Å². The standard InChI is InChI=1S/C6H6N2O3S/c1-12-6-8-7-4(11-6)2-3-5(9)10/h2-3H,1H3,(H,9,10)/b3-2+. The summed E-state index contributed by atoms with van der Waals surface area (Å²) in [5, 5.41) is 15.9. The molecule has 12 heavy (non-hydrogen) atoms. The van der Waals surface area contributed by atoms with Crippen molar-refractivity contribution < 1.29 is 14.3 Å². The van der Waals surface area contributed by atoms with Gasteiger partial charge in [-0.25, -0.2) is 4.79 Å². The Balaban J connectivity index is 2.70. The van der Waals surface area contributed by atoms with E-state index in [-0.39, 0.29) is 5.89 Å². The van der Waals surface area contributed by atoms with Crippen LogP contribution in [0.1, 0.15) is 5.89 Å². The lowest BCUT2D eigenvalue weighted by Crippen LogP contribution is -1.85. The number of carboxylic acids is 1. The first kappa shape index (κ1) is 8.79. The maximum Gasteiger partial charge on any atom is 0.328 e. The summed E-state index contributed by atoms with van der Waals surface area (Å²) in [7, 11) is 0. The molecule has 0 saturated heterocycles. The van der Waals surface area contributed by atoms with Gasteiger partial charge in [0, 0.05) is 12.2 Å². The maximum absolute atomic E-state index is 10.1. The predicted octanol–water partition coefficient (Wildman–Crippen LogP) is 0.889. The molecule has 0 unspecified atom stereocenters.